The normalized spacial score (nSPS) is 9.75. The largest absolute Gasteiger partial charge is 0.505 e. The number of carboxylic acid groups (broad SMARTS) is 1. The average Bonchev–Trinajstić information content (AvgIpc) is 1.96. The van der Waals surface area contributed by atoms with E-state index >= 15 is 0 Å². The number of aromatic nitrogens is 2. The zero-order valence-corrected chi connectivity index (χ0v) is 6.18. The fraction of sp³-hybridized carbons (Fsp3) is 0.167. The fourth-order valence-corrected chi connectivity index (χ4v) is 0.682. The van der Waals surface area contributed by atoms with Crippen molar-refractivity contribution in [3.05, 3.63) is 22.1 Å². The molecule has 1 heterocycles. The van der Waals surface area contributed by atoms with E-state index in [1.54, 1.807) is 0 Å². The van der Waals surface area contributed by atoms with Crippen molar-refractivity contribution >= 4 is 5.97 Å². The second-order valence-corrected chi connectivity index (χ2v) is 2.15. The number of aromatic hydroxyl groups is 1. The molecule has 1 aromatic heterocycles. The van der Waals surface area contributed by atoms with Crippen LogP contribution < -0.4 is 5.56 Å². The molecular weight excluding hydrogens is 164 g/mol. The van der Waals surface area contributed by atoms with Crippen LogP contribution in [-0.4, -0.2) is 26.0 Å². The standard InChI is InChI=1S/C6H6N2O4/c1-8-4(10)2-3(9)5(7-8)6(11)12/h2,9H,1H3,(H,11,12). The summed E-state index contributed by atoms with van der Waals surface area (Å²) in [5.74, 6) is -1.99. The molecule has 64 valence electrons. The number of hydrogen-bond acceptors (Lipinski definition) is 4. The van der Waals surface area contributed by atoms with Gasteiger partial charge in [-0.3, -0.25) is 4.79 Å². The minimum Gasteiger partial charge on any atom is -0.505 e. The van der Waals surface area contributed by atoms with Crippen LogP contribution in [-0.2, 0) is 7.05 Å². The number of carbonyl (C=O) groups is 1. The molecule has 0 aliphatic heterocycles. The van der Waals surface area contributed by atoms with Gasteiger partial charge in [0.15, 0.2) is 5.75 Å². The molecule has 0 spiro atoms. The van der Waals surface area contributed by atoms with Crippen LogP contribution in [0.1, 0.15) is 10.5 Å². The highest BCUT2D eigenvalue weighted by atomic mass is 16.4. The van der Waals surface area contributed by atoms with Gasteiger partial charge in [0.05, 0.1) is 0 Å². The molecule has 0 aliphatic rings. The highest BCUT2D eigenvalue weighted by Gasteiger charge is 2.12. The molecule has 0 radical (unpaired) electrons. The van der Waals surface area contributed by atoms with Gasteiger partial charge in [0.2, 0.25) is 5.69 Å². The first kappa shape index (κ1) is 8.25. The molecule has 6 nitrogen and oxygen atoms in total. The summed E-state index contributed by atoms with van der Waals surface area (Å²) >= 11 is 0. The second kappa shape index (κ2) is 2.65. The minimum atomic E-state index is -1.37. The number of hydrogen-bond donors (Lipinski definition) is 2. The fourth-order valence-electron chi connectivity index (χ4n) is 0.682. The molecule has 0 aliphatic carbocycles. The Kier molecular flexibility index (Phi) is 1.82. The van der Waals surface area contributed by atoms with Crippen molar-refractivity contribution in [3.63, 3.8) is 0 Å². The molecule has 0 unspecified atom stereocenters. The average molecular weight is 170 g/mol. The highest BCUT2D eigenvalue weighted by molar-refractivity contribution is 5.87. The van der Waals surface area contributed by atoms with Crippen LogP contribution in [0, 0.1) is 0 Å². The lowest BCUT2D eigenvalue weighted by Gasteiger charge is -1.99. The summed E-state index contributed by atoms with van der Waals surface area (Å²) in [7, 11) is 1.30. The maximum atomic E-state index is 10.8. The van der Waals surface area contributed by atoms with Crippen LogP contribution in [0.4, 0.5) is 0 Å². The molecule has 2 N–H and O–H groups in total. The number of aryl methyl sites for hydroxylation is 1. The smallest absolute Gasteiger partial charge is 0.360 e. The van der Waals surface area contributed by atoms with Gasteiger partial charge in [0, 0.05) is 13.1 Å². The first-order valence-corrected chi connectivity index (χ1v) is 3.03. The van der Waals surface area contributed by atoms with Gasteiger partial charge in [-0.05, 0) is 0 Å². The summed E-state index contributed by atoms with van der Waals surface area (Å²) in [5, 5.41) is 20.7. The Hall–Kier alpha value is -1.85. The lowest BCUT2D eigenvalue weighted by Crippen LogP contribution is -2.21. The third-order valence-electron chi connectivity index (χ3n) is 1.27. The van der Waals surface area contributed by atoms with E-state index in [2.05, 4.69) is 5.10 Å². The summed E-state index contributed by atoms with van der Waals surface area (Å²) in [4.78, 5) is 21.1. The zero-order valence-electron chi connectivity index (χ0n) is 6.18. The van der Waals surface area contributed by atoms with Crippen LogP contribution in [0.15, 0.2) is 10.9 Å². The van der Waals surface area contributed by atoms with Crippen molar-refractivity contribution in [2.45, 2.75) is 0 Å². The predicted octanol–water partition coefficient (Wildman–Crippen LogP) is -0.816. The van der Waals surface area contributed by atoms with Gasteiger partial charge in [-0.2, -0.15) is 5.10 Å². The van der Waals surface area contributed by atoms with Crippen molar-refractivity contribution < 1.29 is 15.0 Å². The zero-order chi connectivity index (χ0) is 9.30. The van der Waals surface area contributed by atoms with Crippen molar-refractivity contribution in [2.24, 2.45) is 7.05 Å². The Labute approximate surface area is 66.7 Å². The van der Waals surface area contributed by atoms with E-state index in [-0.39, 0.29) is 0 Å². The van der Waals surface area contributed by atoms with Crippen LogP contribution in [0.5, 0.6) is 5.75 Å². The predicted molar refractivity (Wildman–Crippen MR) is 38.1 cm³/mol. The monoisotopic (exact) mass is 170 g/mol. The van der Waals surface area contributed by atoms with Gasteiger partial charge in [-0.15, -0.1) is 0 Å². The summed E-state index contributed by atoms with van der Waals surface area (Å²) in [6.07, 6.45) is 0. The molecule has 0 saturated heterocycles. The van der Waals surface area contributed by atoms with Crippen molar-refractivity contribution in [2.75, 3.05) is 0 Å². The van der Waals surface area contributed by atoms with E-state index in [4.69, 9.17) is 10.2 Å². The van der Waals surface area contributed by atoms with E-state index in [9.17, 15) is 9.59 Å². The second-order valence-electron chi connectivity index (χ2n) is 2.15. The molecule has 0 aromatic carbocycles. The van der Waals surface area contributed by atoms with Gasteiger partial charge in [0.1, 0.15) is 0 Å². The van der Waals surface area contributed by atoms with E-state index < -0.39 is 23.0 Å². The first-order valence-electron chi connectivity index (χ1n) is 3.03. The Morgan fingerprint density at radius 2 is 2.25 bits per heavy atom. The third kappa shape index (κ3) is 1.26. The maximum absolute atomic E-state index is 10.8. The van der Waals surface area contributed by atoms with E-state index in [0.717, 1.165) is 10.7 Å². The minimum absolute atomic E-state index is 0.530. The molecule has 1 rings (SSSR count). The van der Waals surface area contributed by atoms with Gasteiger partial charge in [-0.25, -0.2) is 9.48 Å². The van der Waals surface area contributed by atoms with Gasteiger partial charge in [-0.1, -0.05) is 0 Å². The number of carboxylic acids is 1. The molecular formula is C6H6N2O4. The lowest BCUT2D eigenvalue weighted by atomic mass is 10.3. The topological polar surface area (TPSA) is 92.4 Å². The molecule has 0 atom stereocenters. The maximum Gasteiger partial charge on any atom is 0.360 e. The van der Waals surface area contributed by atoms with E-state index in [1.807, 2.05) is 0 Å². The Balaban J connectivity index is 3.43. The number of aromatic carboxylic acids is 1. The number of nitrogens with zero attached hydrogens (tertiary/aromatic N) is 2. The third-order valence-corrected chi connectivity index (χ3v) is 1.27. The molecule has 0 amide bonds. The Morgan fingerprint density at radius 1 is 1.67 bits per heavy atom. The van der Waals surface area contributed by atoms with Crippen molar-refractivity contribution in [1.82, 2.24) is 9.78 Å². The summed E-state index contributed by atoms with van der Waals surface area (Å²) in [6, 6.07) is 0.802. The highest BCUT2D eigenvalue weighted by Crippen LogP contribution is 2.08. The van der Waals surface area contributed by atoms with Crippen molar-refractivity contribution in [1.29, 1.82) is 0 Å². The van der Waals surface area contributed by atoms with Crippen LogP contribution in [0.2, 0.25) is 0 Å². The van der Waals surface area contributed by atoms with Crippen LogP contribution in [0.3, 0.4) is 0 Å². The molecule has 1 aromatic rings. The quantitative estimate of drug-likeness (QED) is 0.574. The summed E-state index contributed by atoms with van der Waals surface area (Å²) in [5.41, 5.74) is -1.09. The summed E-state index contributed by atoms with van der Waals surface area (Å²) in [6.45, 7) is 0. The molecule has 0 bridgehead atoms. The van der Waals surface area contributed by atoms with Crippen LogP contribution in [0.25, 0.3) is 0 Å². The summed E-state index contributed by atoms with van der Waals surface area (Å²) < 4.78 is 0.836. The number of rotatable bonds is 1. The van der Waals surface area contributed by atoms with Crippen molar-refractivity contribution in [3.8, 4) is 5.75 Å². The molecule has 12 heavy (non-hydrogen) atoms. The van der Waals surface area contributed by atoms with Crippen LogP contribution >= 0.6 is 0 Å². The first-order chi connectivity index (χ1) is 5.52. The lowest BCUT2D eigenvalue weighted by molar-refractivity contribution is 0.0684. The molecule has 0 fully saturated rings. The molecule has 6 heteroatoms. The molecule has 0 saturated carbocycles. The Bertz CT molecular complexity index is 382. The Morgan fingerprint density at radius 3 is 2.75 bits per heavy atom. The SMILES string of the molecule is Cn1nc(C(=O)O)c(O)cc1=O. The van der Waals surface area contributed by atoms with E-state index in [0.29, 0.717) is 0 Å². The van der Waals surface area contributed by atoms with Gasteiger partial charge < -0.3 is 10.2 Å². The van der Waals surface area contributed by atoms with E-state index in [1.165, 1.54) is 7.05 Å². The van der Waals surface area contributed by atoms with Gasteiger partial charge >= 0.3 is 5.97 Å². The van der Waals surface area contributed by atoms with Gasteiger partial charge in [0.25, 0.3) is 5.56 Å².